The quantitative estimate of drug-likeness (QED) is 0.897. The van der Waals surface area contributed by atoms with Crippen LogP contribution < -0.4 is 10.5 Å². The van der Waals surface area contributed by atoms with Crippen LogP contribution in [0.5, 0.6) is 5.75 Å². The summed E-state index contributed by atoms with van der Waals surface area (Å²) in [7, 11) is 0. The Morgan fingerprint density at radius 1 is 1.26 bits per heavy atom. The molecular formula is C15H21N3O. The van der Waals surface area contributed by atoms with E-state index in [2.05, 4.69) is 31.0 Å². The average molecular weight is 259 g/mol. The van der Waals surface area contributed by atoms with Gasteiger partial charge >= 0.3 is 0 Å². The first-order valence-electron chi connectivity index (χ1n) is 6.62. The zero-order chi connectivity index (χ0) is 13.8. The van der Waals surface area contributed by atoms with Gasteiger partial charge in [-0.15, -0.1) is 0 Å². The molecule has 2 aromatic rings. The van der Waals surface area contributed by atoms with Gasteiger partial charge in [-0.25, -0.2) is 4.98 Å². The maximum absolute atomic E-state index is 5.61. The van der Waals surface area contributed by atoms with Crippen LogP contribution in [-0.4, -0.2) is 22.7 Å². The summed E-state index contributed by atoms with van der Waals surface area (Å²) in [4.78, 5) is 4.45. The van der Waals surface area contributed by atoms with E-state index in [9.17, 15) is 0 Å². The summed E-state index contributed by atoms with van der Waals surface area (Å²) in [5.41, 5.74) is 9.99. The summed E-state index contributed by atoms with van der Waals surface area (Å²) >= 11 is 0. The molecule has 0 aliphatic carbocycles. The van der Waals surface area contributed by atoms with Gasteiger partial charge in [0.2, 0.25) is 0 Å². The summed E-state index contributed by atoms with van der Waals surface area (Å²) in [5.74, 6) is 0.949. The highest BCUT2D eigenvalue weighted by atomic mass is 16.5. The number of hydrogen-bond acceptors (Lipinski definition) is 3. The van der Waals surface area contributed by atoms with Crippen molar-refractivity contribution in [1.82, 2.24) is 9.55 Å². The van der Waals surface area contributed by atoms with Crippen LogP contribution in [0, 0.1) is 13.8 Å². The lowest BCUT2D eigenvalue weighted by Crippen LogP contribution is -2.07. The highest BCUT2D eigenvalue weighted by Crippen LogP contribution is 2.29. The SMILES string of the molecule is CCOc1cc(C)c(-c2cn(CCN)cn2)cc1C. The maximum atomic E-state index is 5.61. The van der Waals surface area contributed by atoms with E-state index in [0.29, 0.717) is 13.2 Å². The molecule has 19 heavy (non-hydrogen) atoms. The largest absolute Gasteiger partial charge is 0.494 e. The molecule has 0 unspecified atom stereocenters. The average Bonchev–Trinajstić information content (AvgIpc) is 2.82. The Balaban J connectivity index is 2.36. The van der Waals surface area contributed by atoms with Gasteiger partial charge in [-0.2, -0.15) is 0 Å². The van der Waals surface area contributed by atoms with Crippen molar-refractivity contribution in [2.24, 2.45) is 5.73 Å². The minimum absolute atomic E-state index is 0.622. The van der Waals surface area contributed by atoms with E-state index >= 15 is 0 Å². The molecular weight excluding hydrogens is 238 g/mol. The molecule has 2 N–H and O–H groups in total. The molecule has 0 spiro atoms. The summed E-state index contributed by atoms with van der Waals surface area (Å²) in [6.45, 7) is 8.24. The van der Waals surface area contributed by atoms with Crippen molar-refractivity contribution in [3.05, 3.63) is 35.8 Å². The molecule has 2 rings (SSSR count). The second kappa shape index (κ2) is 5.89. The molecule has 1 heterocycles. The molecule has 0 amide bonds. The zero-order valence-corrected chi connectivity index (χ0v) is 11.8. The highest BCUT2D eigenvalue weighted by Gasteiger charge is 2.09. The van der Waals surface area contributed by atoms with E-state index in [-0.39, 0.29) is 0 Å². The van der Waals surface area contributed by atoms with Crippen molar-refractivity contribution < 1.29 is 4.74 Å². The highest BCUT2D eigenvalue weighted by molar-refractivity contribution is 5.65. The van der Waals surface area contributed by atoms with Crippen molar-refractivity contribution in [3.63, 3.8) is 0 Å². The molecule has 0 saturated carbocycles. The minimum Gasteiger partial charge on any atom is -0.494 e. The van der Waals surface area contributed by atoms with Crippen molar-refractivity contribution in [3.8, 4) is 17.0 Å². The molecule has 102 valence electrons. The Bertz CT molecular complexity index is 561. The lowest BCUT2D eigenvalue weighted by atomic mass is 10.0. The van der Waals surface area contributed by atoms with Crippen LogP contribution in [0.4, 0.5) is 0 Å². The first-order chi connectivity index (χ1) is 9.15. The smallest absolute Gasteiger partial charge is 0.122 e. The molecule has 1 aromatic heterocycles. The fourth-order valence-corrected chi connectivity index (χ4v) is 2.15. The van der Waals surface area contributed by atoms with Crippen LogP contribution in [0.2, 0.25) is 0 Å². The van der Waals surface area contributed by atoms with Crippen LogP contribution in [0.25, 0.3) is 11.3 Å². The van der Waals surface area contributed by atoms with Crippen LogP contribution in [0.3, 0.4) is 0 Å². The molecule has 0 saturated heterocycles. The number of nitrogens with two attached hydrogens (primary N) is 1. The number of imidazole rings is 1. The van der Waals surface area contributed by atoms with E-state index in [4.69, 9.17) is 10.5 Å². The number of rotatable bonds is 5. The number of aryl methyl sites for hydroxylation is 2. The Morgan fingerprint density at radius 2 is 2.05 bits per heavy atom. The van der Waals surface area contributed by atoms with E-state index < -0.39 is 0 Å². The fraction of sp³-hybridized carbons (Fsp3) is 0.400. The Hall–Kier alpha value is -1.81. The minimum atomic E-state index is 0.622. The van der Waals surface area contributed by atoms with Gasteiger partial charge in [-0.1, -0.05) is 0 Å². The molecule has 4 nitrogen and oxygen atoms in total. The monoisotopic (exact) mass is 259 g/mol. The zero-order valence-electron chi connectivity index (χ0n) is 11.8. The topological polar surface area (TPSA) is 53.1 Å². The third-order valence-electron chi connectivity index (χ3n) is 3.12. The molecule has 0 fully saturated rings. The fourth-order valence-electron chi connectivity index (χ4n) is 2.15. The van der Waals surface area contributed by atoms with Crippen LogP contribution in [0.15, 0.2) is 24.7 Å². The van der Waals surface area contributed by atoms with Gasteiger partial charge in [0.05, 0.1) is 18.6 Å². The van der Waals surface area contributed by atoms with Crippen LogP contribution in [0.1, 0.15) is 18.1 Å². The van der Waals surface area contributed by atoms with Crippen LogP contribution >= 0.6 is 0 Å². The summed E-state index contributed by atoms with van der Waals surface area (Å²) in [6, 6.07) is 4.21. The molecule has 0 aliphatic heterocycles. The predicted molar refractivity (Wildman–Crippen MR) is 77.4 cm³/mol. The molecule has 0 aliphatic rings. The summed E-state index contributed by atoms with van der Waals surface area (Å²) in [6.07, 6.45) is 3.86. The van der Waals surface area contributed by atoms with E-state index in [0.717, 1.165) is 29.1 Å². The first-order valence-corrected chi connectivity index (χ1v) is 6.62. The molecule has 4 heteroatoms. The van der Waals surface area contributed by atoms with Crippen LogP contribution in [-0.2, 0) is 6.54 Å². The van der Waals surface area contributed by atoms with E-state index in [1.165, 1.54) is 5.56 Å². The third-order valence-corrected chi connectivity index (χ3v) is 3.12. The maximum Gasteiger partial charge on any atom is 0.122 e. The Labute approximate surface area is 114 Å². The number of nitrogens with zero attached hydrogens (tertiary/aromatic N) is 2. The number of ether oxygens (including phenoxy) is 1. The molecule has 0 radical (unpaired) electrons. The third kappa shape index (κ3) is 2.96. The summed E-state index contributed by atoms with van der Waals surface area (Å²) in [5, 5.41) is 0. The second-order valence-electron chi connectivity index (χ2n) is 4.65. The predicted octanol–water partition coefficient (Wildman–Crippen LogP) is 2.52. The second-order valence-corrected chi connectivity index (χ2v) is 4.65. The standard InChI is InChI=1S/C15H21N3O/c1-4-19-15-8-11(2)13(7-12(15)3)14-9-18(6-5-16)10-17-14/h7-10H,4-6,16H2,1-3H3. The first kappa shape index (κ1) is 13.6. The number of hydrogen-bond donors (Lipinski definition) is 1. The van der Waals surface area contributed by atoms with E-state index in [1.54, 1.807) is 0 Å². The van der Waals surface area contributed by atoms with Gasteiger partial charge in [-0.05, 0) is 44.0 Å². The lowest BCUT2D eigenvalue weighted by molar-refractivity contribution is 0.337. The van der Waals surface area contributed by atoms with Gasteiger partial charge in [0.1, 0.15) is 5.75 Å². The Morgan fingerprint density at radius 3 is 2.74 bits per heavy atom. The van der Waals surface area contributed by atoms with Gasteiger partial charge < -0.3 is 15.0 Å². The lowest BCUT2D eigenvalue weighted by Gasteiger charge is -2.11. The van der Waals surface area contributed by atoms with Crippen molar-refractivity contribution in [2.75, 3.05) is 13.2 Å². The van der Waals surface area contributed by atoms with Gasteiger partial charge in [0.15, 0.2) is 0 Å². The van der Waals surface area contributed by atoms with Crippen molar-refractivity contribution >= 4 is 0 Å². The number of benzene rings is 1. The molecule has 1 aromatic carbocycles. The van der Waals surface area contributed by atoms with Gasteiger partial charge in [0, 0.05) is 24.8 Å². The number of aromatic nitrogens is 2. The summed E-state index contributed by atoms with van der Waals surface area (Å²) < 4.78 is 7.62. The van der Waals surface area contributed by atoms with Crippen molar-refractivity contribution in [2.45, 2.75) is 27.3 Å². The molecule has 0 atom stereocenters. The normalized spacial score (nSPS) is 10.7. The van der Waals surface area contributed by atoms with Gasteiger partial charge in [-0.3, -0.25) is 0 Å². The Kier molecular flexibility index (Phi) is 4.22. The molecule has 0 bridgehead atoms. The van der Waals surface area contributed by atoms with Gasteiger partial charge in [0.25, 0.3) is 0 Å². The van der Waals surface area contributed by atoms with E-state index in [1.807, 2.05) is 24.0 Å². The van der Waals surface area contributed by atoms with Crippen molar-refractivity contribution in [1.29, 1.82) is 0 Å².